The number of hydrogen-bond donors (Lipinski definition) is 1. The van der Waals surface area contributed by atoms with Gasteiger partial charge in [-0.05, 0) is 57.8 Å². The van der Waals surface area contributed by atoms with Crippen molar-refractivity contribution < 1.29 is 9.59 Å². The number of rotatable bonds is 5. The Labute approximate surface area is 181 Å². The minimum atomic E-state index is -0.0854. The Morgan fingerprint density at radius 3 is 2.50 bits per heavy atom. The zero-order valence-electron chi connectivity index (χ0n) is 19.0. The average Bonchev–Trinajstić information content (AvgIpc) is 3.21. The van der Waals surface area contributed by atoms with Crippen LogP contribution in [0.4, 0.5) is 15.3 Å². The van der Waals surface area contributed by atoms with E-state index in [1.807, 2.05) is 35.8 Å². The molecule has 166 valence electrons. The number of urea groups is 2. The summed E-state index contributed by atoms with van der Waals surface area (Å²) < 4.78 is 0. The fraction of sp³-hybridized carbons (Fsp3) is 0.652. The van der Waals surface area contributed by atoms with Gasteiger partial charge in [0.1, 0.15) is 0 Å². The summed E-state index contributed by atoms with van der Waals surface area (Å²) in [5.41, 5.74) is 3.09. The van der Waals surface area contributed by atoms with Crippen molar-refractivity contribution in [1.29, 1.82) is 0 Å². The lowest BCUT2D eigenvalue weighted by molar-refractivity contribution is 0.132. The Hall–Kier alpha value is -2.28. The van der Waals surface area contributed by atoms with Crippen molar-refractivity contribution in [1.82, 2.24) is 19.6 Å². The van der Waals surface area contributed by atoms with Crippen LogP contribution in [0, 0.1) is 13.8 Å². The number of benzene rings is 1. The first kappa shape index (κ1) is 22.4. The molecule has 0 aromatic heterocycles. The Kier molecular flexibility index (Phi) is 7.58. The van der Waals surface area contributed by atoms with Gasteiger partial charge in [-0.25, -0.2) is 9.59 Å². The van der Waals surface area contributed by atoms with Gasteiger partial charge in [-0.3, -0.25) is 0 Å². The molecule has 30 heavy (non-hydrogen) atoms. The molecular formula is C23H37N5O2. The van der Waals surface area contributed by atoms with E-state index in [0.717, 1.165) is 37.3 Å². The zero-order chi connectivity index (χ0) is 21.7. The number of aryl methyl sites for hydroxylation is 2. The predicted molar refractivity (Wildman–Crippen MR) is 121 cm³/mol. The first-order valence-corrected chi connectivity index (χ1v) is 11.2. The SMILES string of the molecule is Cc1ccc(NC(=O)N2CCC(N(CCN3CCCCC3)C(=O)N(C)C)C2)c(C)c1. The van der Waals surface area contributed by atoms with E-state index in [-0.39, 0.29) is 18.1 Å². The maximum Gasteiger partial charge on any atom is 0.321 e. The fourth-order valence-electron chi connectivity index (χ4n) is 4.45. The summed E-state index contributed by atoms with van der Waals surface area (Å²) in [5.74, 6) is 0. The summed E-state index contributed by atoms with van der Waals surface area (Å²) in [4.78, 5) is 33.6. The van der Waals surface area contributed by atoms with Gasteiger partial charge in [-0.15, -0.1) is 0 Å². The van der Waals surface area contributed by atoms with Gasteiger partial charge in [0, 0.05) is 46.0 Å². The molecule has 7 heteroatoms. The lowest BCUT2D eigenvalue weighted by atomic mass is 10.1. The normalized spacial score (nSPS) is 19.6. The summed E-state index contributed by atoms with van der Waals surface area (Å²) in [6, 6.07) is 6.05. The Bertz CT molecular complexity index is 745. The summed E-state index contributed by atoms with van der Waals surface area (Å²) in [6.45, 7) is 9.17. The van der Waals surface area contributed by atoms with Crippen LogP contribution >= 0.6 is 0 Å². The highest BCUT2D eigenvalue weighted by molar-refractivity contribution is 5.90. The number of hydrogen-bond acceptors (Lipinski definition) is 3. The first-order chi connectivity index (χ1) is 14.3. The van der Waals surface area contributed by atoms with Crippen molar-refractivity contribution in [3.63, 3.8) is 0 Å². The van der Waals surface area contributed by atoms with Gasteiger partial charge in [0.2, 0.25) is 0 Å². The van der Waals surface area contributed by atoms with Gasteiger partial charge < -0.3 is 24.9 Å². The van der Waals surface area contributed by atoms with E-state index in [0.29, 0.717) is 19.6 Å². The van der Waals surface area contributed by atoms with Crippen LogP contribution in [0.3, 0.4) is 0 Å². The van der Waals surface area contributed by atoms with Crippen LogP contribution in [0.25, 0.3) is 0 Å². The molecule has 4 amide bonds. The van der Waals surface area contributed by atoms with Crippen molar-refractivity contribution in [3.05, 3.63) is 29.3 Å². The van der Waals surface area contributed by atoms with Gasteiger partial charge in [0.05, 0.1) is 6.04 Å². The van der Waals surface area contributed by atoms with Crippen LogP contribution in [-0.2, 0) is 0 Å². The van der Waals surface area contributed by atoms with Gasteiger partial charge >= 0.3 is 12.1 Å². The van der Waals surface area contributed by atoms with E-state index in [1.54, 1.807) is 19.0 Å². The number of piperidine rings is 1. The van der Waals surface area contributed by atoms with Crippen molar-refractivity contribution in [2.24, 2.45) is 0 Å². The highest BCUT2D eigenvalue weighted by Crippen LogP contribution is 2.21. The first-order valence-electron chi connectivity index (χ1n) is 11.2. The second kappa shape index (κ2) is 10.2. The molecule has 0 aliphatic carbocycles. The van der Waals surface area contributed by atoms with Crippen LogP contribution in [0.2, 0.25) is 0 Å². The fourth-order valence-corrected chi connectivity index (χ4v) is 4.45. The molecule has 2 saturated heterocycles. The Morgan fingerprint density at radius 1 is 1.10 bits per heavy atom. The second-order valence-electron chi connectivity index (χ2n) is 8.91. The lowest BCUT2D eigenvalue weighted by Crippen LogP contribution is -2.50. The molecule has 2 aliphatic heterocycles. The molecule has 2 heterocycles. The summed E-state index contributed by atoms with van der Waals surface area (Å²) in [7, 11) is 3.60. The summed E-state index contributed by atoms with van der Waals surface area (Å²) >= 11 is 0. The lowest BCUT2D eigenvalue weighted by Gasteiger charge is -2.34. The number of carbonyl (C=O) groups excluding carboxylic acids is 2. The average molecular weight is 416 g/mol. The van der Waals surface area contributed by atoms with Crippen molar-refractivity contribution >= 4 is 17.7 Å². The van der Waals surface area contributed by atoms with Gasteiger partial charge in [0.15, 0.2) is 0 Å². The third-order valence-corrected chi connectivity index (χ3v) is 6.25. The van der Waals surface area contributed by atoms with Crippen LogP contribution in [0.5, 0.6) is 0 Å². The predicted octanol–water partition coefficient (Wildman–Crippen LogP) is 3.38. The third-order valence-electron chi connectivity index (χ3n) is 6.25. The van der Waals surface area contributed by atoms with Crippen LogP contribution in [0.1, 0.15) is 36.8 Å². The monoisotopic (exact) mass is 415 g/mol. The molecule has 1 atom stereocenters. The number of anilines is 1. The van der Waals surface area contributed by atoms with E-state index in [4.69, 9.17) is 0 Å². The second-order valence-corrected chi connectivity index (χ2v) is 8.91. The Morgan fingerprint density at radius 2 is 1.83 bits per heavy atom. The van der Waals surface area contributed by atoms with E-state index < -0.39 is 0 Å². The highest BCUT2D eigenvalue weighted by atomic mass is 16.2. The molecule has 2 aliphatic rings. The maximum absolute atomic E-state index is 12.9. The minimum absolute atomic E-state index is 0.0358. The molecule has 1 unspecified atom stereocenters. The summed E-state index contributed by atoms with van der Waals surface area (Å²) in [6.07, 6.45) is 4.62. The maximum atomic E-state index is 12.9. The van der Waals surface area contributed by atoms with E-state index in [1.165, 1.54) is 24.8 Å². The molecule has 0 radical (unpaired) electrons. The Balaban J connectivity index is 1.59. The van der Waals surface area contributed by atoms with Gasteiger partial charge in [0.25, 0.3) is 0 Å². The topological polar surface area (TPSA) is 59.1 Å². The number of amides is 4. The molecule has 3 rings (SSSR count). The van der Waals surface area contributed by atoms with E-state index >= 15 is 0 Å². The van der Waals surface area contributed by atoms with Crippen molar-refractivity contribution in [3.8, 4) is 0 Å². The third kappa shape index (κ3) is 5.65. The highest BCUT2D eigenvalue weighted by Gasteiger charge is 2.34. The van der Waals surface area contributed by atoms with E-state index in [2.05, 4.69) is 16.3 Å². The molecule has 1 aromatic carbocycles. The largest absolute Gasteiger partial charge is 0.331 e. The van der Waals surface area contributed by atoms with Crippen LogP contribution in [0.15, 0.2) is 18.2 Å². The molecule has 0 spiro atoms. The number of likely N-dealkylation sites (tertiary alicyclic amines) is 2. The summed E-state index contributed by atoms with van der Waals surface area (Å²) in [5, 5.41) is 3.04. The zero-order valence-corrected chi connectivity index (χ0v) is 19.0. The van der Waals surface area contributed by atoms with Crippen molar-refractivity contribution in [2.45, 2.75) is 45.6 Å². The molecule has 0 bridgehead atoms. The van der Waals surface area contributed by atoms with Gasteiger partial charge in [-0.1, -0.05) is 24.1 Å². The van der Waals surface area contributed by atoms with Crippen molar-refractivity contribution in [2.75, 3.05) is 58.7 Å². The molecule has 1 N–H and O–H groups in total. The molecule has 0 saturated carbocycles. The smallest absolute Gasteiger partial charge is 0.321 e. The molecule has 2 fully saturated rings. The quantitative estimate of drug-likeness (QED) is 0.802. The number of nitrogens with one attached hydrogen (secondary N) is 1. The number of nitrogens with zero attached hydrogens (tertiary/aromatic N) is 4. The van der Waals surface area contributed by atoms with Crippen LogP contribution < -0.4 is 5.32 Å². The van der Waals surface area contributed by atoms with E-state index in [9.17, 15) is 9.59 Å². The number of carbonyl (C=O) groups is 2. The molecule has 7 nitrogen and oxygen atoms in total. The molecule has 1 aromatic rings. The van der Waals surface area contributed by atoms with Gasteiger partial charge in [-0.2, -0.15) is 0 Å². The minimum Gasteiger partial charge on any atom is -0.331 e. The standard InChI is InChI=1S/C23H37N5O2/c1-18-8-9-21(19(2)16-18)24-22(29)27-13-10-20(17-27)28(23(30)25(3)4)15-14-26-11-6-5-7-12-26/h8-9,16,20H,5-7,10-15,17H2,1-4H3,(H,24,29). The molecular weight excluding hydrogens is 378 g/mol. The van der Waals surface area contributed by atoms with Crippen LogP contribution in [-0.4, -0.2) is 91.1 Å².